The molecule has 2 aromatic carbocycles. The number of nitrogens with one attached hydrogen (secondary N) is 1. The minimum absolute atomic E-state index is 0.0139. The number of allylic oxidation sites excluding steroid dienone is 1. The van der Waals surface area contributed by atoms with Gasteiger partial charge in [0.1, 0.15) is 17.4 Å². The molecule has 0 saturated carbocycles. The quantitative estimate of drug-likeness (QED) is 0.282. The summed E-state index contributed by atoms with van der Waals surface area (Å²) in [6, 6.07) is 14.8. The summed E-state index contributed by atoms with van der Waals surface area (Å²) in [4.78, 5) is 23.5. The van der Waals surface area contributed by atoms with Crippen LogP contribution in [0.4, 0.5) is 20.7 Å². The summed E-state index contributed by atoms with van der Waals surface area (Å²) in [7, 11) is 3.63. The van der Waals surface area contributed by atoms with Gasteiger partial charge in [-0.1, -0.05) is 18.7 Å². The predicted molar refractivity (Wildman–Crippen MR) is 144 cm³/mol. The minimum Gasteiger partial charge on any atom is -0.497 e. The standard InChI is InChI=1S/C29H29FN4O3/c1-17(2)37-29(35)33-27-13-23(18(3)11-25(27)30)24-12-21-15-31-28(14-26(21)32-19(24)4)34(5)16-20-7-9-22(36-6)10-8-20/h7-15H,1,16H2,2-6H3,(H,33,35). The molecular formula is C29H29FN4O3. The lowest BCUT2D eigenvalue weighted by molar-refractivity contribution is 0.192. The van der Waals surface area contributed by atoms with Crippen LogP contribution in [0.1, 0.15) is 23.7 Å². The molecule has 0 unspecified atom stereocenters. The van der Waals surface area contributed by atoms with Crippen molar-refractivity contribution in [3.63, 3.8) is 0 Å². The number of fused-ring (bicyclic) bond motifs is 1. The number of aryl methyl sites for hydroxylation is 2. The average Bonchev–Trinajstić information content (AvgIpc) is 2.85. The zero-order chi connectivity index (χ0) is 26.7. The van der Waals surface area contributed by atoms with Crippen LogP contribution in [0.2, 0.25) is 0 Å². The van der Waals surface area contributed by atoms with Gasteiger partial charge in [0, 0.05) is 42.5 Å². The summed E-state index contributed by atoms with van der Waals surface area (Å²) < 4.78 is 24.7. The SMILES string of the molecule is C=C(C)OC(=O)Nc1cc(-c2cc3cnc(N(C)Cc4ccc(OC)cc4)cc3nc2C)c(C)cc1F. The smallest absolute Gasteiger partial charge is 0.416 e. The Kier molecular flexibility index (Phi) is 7.38. The van der Waals surface area contributed by atoms with E-state index < -0.39 is 11.9 Å². The minimum atomic E-state index is -0.801. The molecule has 0 fully saturated rings. The lowest BCUT2D eigenvalue weighted by atomic mass is 9.97. The first-order chi connectivity index (χ1) is 17.6. The maximum absolute atomic E-state index is 14.6. The van der Waals surface area contributed by atoms with E-state index in [1.807, 2.05) is 57.3 Å². The molecule has 0 saturated heterocycles. The molecule has 0 radical (unpaired) electrons. The number of ether oxygens (including phenoxy) is 2. The van der Waals surface area contributed by atoms with Crippen LogP contribution >= 0.6 is 0 Å². The van der Waals surface area contributed by atoms with Crippen molar-refractivity contribution in [3.05, 3.63) is 89.7 Å². The largest absolute Gasteiger partial charge is 0.497 e. The summed E-state index contributed by atoms with van der Waals surface area (Å²) in [5.41, 5.74) is 5.00. The molecule has 190 valence electrons. The van der Waals surface area contributed by atoms with Crippen molar-refractivity contribution in [2.75, 3.05) is 24.4 Å². The third-order valence-electron chi connectivity index (χ3n) is 5.95. The molecule has 0 aliphatic carbocycles. The first-order valence-corrected chi connectivity index (χ1v) is 11.7. The van der Waals surface area contributed by atoms with Gasteiger partial charge in [-0.3, -0.25) is 10.3 Å². The van der Waals surface area contributed by atoms with Crippen LogP contribution < -0.4 is 15.0 Å². The van der Waals surface area contributed by atoms with Gasteiger partial charge in [-0.05, 0) is 67.8 Å². The number of nitrogens with zero attached hydrogens (tertiary/aromatic N) is 3. The summed E-state index contributed by atoms with van der Waals surface area (Å²) in [5, 5.41) is 3.29. The van der Waals surface area contributed by atoms with E-state index in [-0.39, 0.29) is 11.4 Å². The number of benzene rings is 2. The van der Waals surface area contributed by atoms with E-state index in [9.17, 15) is 9.18 Å². The maximum atomic E-state index is 14.6. The van der Waals surface area contributed by atoms with Crippen LogP contribution in [0.5, 0.6) is 5.75 Å². The fourth-order valence-corrected chi connectivity index (χ4v) is 4.07. The molecule has 0 bridgehead atoms. The van der Waals surface area contributed by atoms with Crippen molar-refractivity contribution in [3.8, 4) is 16.9 Å². The molecule has 8 heteroatoms. The fourth-order valence-electron chi connectivity index (χ4n) is 4.07. The maximum Gasteiger partial charge on any atom is 0.416 e. The van der Waals surface area contributed by atoms with E-state index in [1.54, 1.807) is 19.4 Å². The number of carbonyl (C=O) groups is 1. The number of anilines is 2. The van der Waals surface area contributed by atoms with Gasteiger partial charge in [-0.2, -0.15) is 0 Å². The number of aromatic nitrogens is 2. The Morgan fingerprint density at radius 3 is 2.51 bits per heavy atom. The molecule has 4 rings (SSSR count). The molecule has 37 heavy (non-hydrogen) atoms. The van der Waals surface area contributed by atoms with E-state index in [0.717, 1.165) is 44.9 Å². The van der Waals surface area contributed by atoms with Crippen LogP contribution in [0.25, 0.3) is 22.0 Å². The van der Waals surface area contributed by atoms with E-state index in [2.05, 4.69) is 21.8 Å². The van der Waals surface area contributed by atoms with Gasteiger partial charge in [0.05, 0.1) is 24.1 Å². The Hall–Kier alpha value is -4.46. The fraction of sp³-hybridized carbons (Fsp3) is 0.207. The number of methoxy groups -OCH3 is 1. The molecule has 4 aromatic rings. The van der Waals surface area contributed by atoms with Gasteiger partial charge in [0.2, 0.25) is 0 Å². The first kappa shape index (κ1) is 25.6. The van der Waals surface area contributed by atoms with Crippen LogP contribution in [0, 0.1) is 19.7 Å². The van der Waals surface area contributed by atoms with Gasteiger partial charge >= 0.3 is 6.09 Å². The van der Waals surface area contributed by atoms with Crippen LogP contribution in [0.15, 0.2) is 67.1 Å². The molecule has 0 aliphatic rings. The van der Waals surface area contributed by atoms with Gasteiger partial charge in [-0.15, -0.1) is 0 Å². The highest BCUT2D eigenvalue weighted by Crippen LogP contribution is 2.33. The molecule has 0 spiro atoms. The number of hydrogen-bond donors (Lipinski definition) is 1. The number of pyridine rings is 2. The molecule has 7 nitrogen and oxygen atoms in total. The Bertz CT molecular complexity index is 1490. The highest BCUT2D eigenvalue weighted by molar-refractivity contribution is 5.90. The van der Waals surface area contributed by atoms with E-state index >= 15 is 0 Å². The molecule has 1 amide bonds. The normalized spacial score (nSPS) is 10.8. The van der Waals surface area contributed by atoms with Crippen molar-refractivity contribution in [2.24, 2.45) is 0 Å². The molecule has 1 N–H and O–H groups in total. The average molecular weight is 501 g/mol. The summed E-state index contributed by atoms with van der Waals surface area (Å²) >= 11 is 0. The van der Waals surface area contributed by atoms with Gasteiger partial charge in [0.25, 0.3) is 0 Å². The van der Waals surface area contributed by atoms with Gasteiger partial charge in [0.15, 0.2) is 0 Å². The highest BCUT2D eigenvalue weighted by Gasteiger charge is 2.16. The van der Waals surface area contributed by atoms with Crippen LogP contribution in [-0.2, 0) is 11.3 Å². The number of carbonyl (C=O) groups excluding carboxylic acids is 1. The van der Waals surface area contributed by atoms with Crippen molar-refractivity contribution >= 4 is 28.5 Å². The molecule has 2 heterocycles. The number of hydrogen-bond acceptors (Lipinski definition) is 6. The van der Waals surface area contributed by atoms with E-state index in [4.69, 9.17) is 14.5 Å². The predicted octanol–water partition coefficient (Wildman–Crippen LogP) is 6.78. The Labute approximate surface area is 215 Å². The summed E-state index contributed by atoms with van der Waals surface area (Å²) in [6.07, 6.45) is 0.984. The summed E-state index contributed by atoms with van der Waals surface area (Å²) in [6.45, 7) is 9.46. The van der Waals surface area contributed by atoms with Crippen molar-refractivity contribution in [1.82, 2.24) is 9.97 Å². The van der Waals surface area contributed by atoms with Crippen molar-refractivity contribution < 1.29 is 18.7 Å². The Morgan fingerprint density at radius 1 is 1.11 bits per heavy atom. The number of halogens is 1. The molecule has 2 aromatic heterocycles. The van der Waals surface area contributed by atoms with Crippen molar-refractivity contribution in [1.29, 1.82) is 0 Å². The summed E-state index contributed by atoms with van der Waals surface area (Å²) in [5.74, 6) is 1.26. The second kappa shape index (κ2) is 10.7. The number of rotatable bonds is 7. The number of amides is 1. The van der Waals surface area contributed by atoms with E-state index in [1.165, 1.54) is 13.0 Å². The first-order valence-electron chi connectivity index (χ1n) is 11.7. The Balaban J connectivity index is 1.63. The molecule has 0 aliphatic heterocycles. The highest BCUT2D eigenvalue weighted by atomic mass is 19.1. The van der Waals surface area contributed by atoms with Crippen LogP contribution in [0.3, 0.4) is 0 Å². The van der Waals surface area contributed by atoms with Crippen molar-refractivity contribution in [2.45, 2.75) is 27.3 Å². The Morgan fingerprint density at radius 2 is 1.84 bits per heavy atom. The lowest BCUT2D eigenvalue weighted by Gasteiger charge is -2.19. The second-order valence-corrected chi connectivity index (χ2v) is 8.92. The van der Waals surface area contributed by atoms with Crippen LogP contribution in [-0.4, -0.2) is 30.2 Å². The second-order valence-electron chi connectivity index (χ2n) is 8.92. The third-order valence-corrected chi connectivity index (χ3v) is 5.95. The topological polar surface area (TPSA) is 76.6 Å². The lowest BCUT2D eigenvalue weighted by Crippen LogP contribution is -2.17. The zero-order valence-corrected chi connectivity index (χ0v) is 21.6. The van der Waals surface area contributed by atoms with Gasteiger partial charge < -0.3 is 14.4 Å². The zero-order valence-electron chi connectivity index (χ0n) is 21.6. The molecular weight excluding hydrogens is 471 g/mol. The van der Waals surface area contributed by atoms with Gasteiger partial charge in [-0.25, -0.2) is 14.2 Å². The van der Waals surface area contributed by atoms with E-state index in [0.29, 0.717) is 12.1 Å². The molecule has 0 atom stereocenters. The third kappa shape index (κ3) is 5.86. The monoisotopic (exact) mass is 500 g/mol.